The van der Waals surface area contributed by atoms with Crippen molar-refractivity contribution >= 4 is 5.91 Å². The first-order valence-electron chi connectivity index (χ1n) is 8.10. The average molecular weight is 320 g/mol. The van der Waals surface area contributed by atoms with Crippen LogP contribution >= 0.6 is 0 Å². The molecule has 24 heavy (non-hydrogen) atoms. The van der Waals surface area contributed by atoms with E-state index in [1.54, 1.807) is 6.26 Å². The van der Waals surface area contributed by atoms with Crippen LogP contribution in [0.3, 0.4) is 0 Å². The summed E-state index contributed by atoms with van der Waals surface area (Å²) >= 11 is 0. The second kappa shape index (κ2) is 7.18. The number of hydrogen-bond acceptors (Lipinski definition) is 3. The van der Waals surface area contributed by atoms with Gasteiger partial charge >= 0.3 is 0 Å². The first-order chi connectivity index (χ1) is 11.6. The number of likely N-dealkylation sites (tertiary alicyclic amines) is 1. The van der Waals surface area contributed by atoms with Crippen LogP contribution in [0.4, 0.5) is 0 Å². The molecule has 3 rings (SSSR count). The van der Waals surface area contributed by atoms with Gasteiger partial charge in [0.2, 0.25) is 0 Å². The molecule has 0 N–H and O–H groups in total. The SMILES string of the molecule is Cc1cccc(C#CC=C2CCN(C(=O)c3occc3C)CC2)n1. The Bertz CT molecular complexity index is 827. The molecular formula is C20H20N2O2. The Balaban J connectivity index is 1.59. The predicted molar refractivity (Wildman–Crippen MR) is 92.5 cm³/mol. The van der Waals surface area contributed by atoms with Crippen molar-refractivity contribution < 1.29 is 9.21 Å². The van der Waals surface area contributed by atoms with Crippen molar-refractivity contribution in [2.24, 2.45) is 0 Å². The summed E-state index contributed by atoms with van der Waals surface area (Å²) in [6.45, 7) is 5.25. The third-order valence-corrected chi connectivity index (χ3v) is 4.11. The molecule has 4 heteroatoms. The third-order valence-electron chi connectivity index (χ3n) is 4.11. The molecule has 3 heterocycles. The quantitative estimate of drug-likeness (QED) is 0.756. The average Bonchev–Trinajstić information content (AvgIpc) is 3.01. The van der Waals surface area contributed by atoms with E-state index in [2.05, 4.69) is 16.8 Å². The van der Waals surface area contributed by atoms with Crippen molar-refractivity contribution in [2.45, 2.75) is 26.7 Å². The number of allylic oxidation sites excluding steroid dienone is 1. The molecule has 2 aromatic heterocycles. The molecule has 122 valence electrons. The van der Waals surface area contributed by atoms with Gasteiger partial charge in [-0.25, -0.2) is 4.98 Å². The number of piperidine rings is 1. The molecular weight excluding hydrogens is 300 g/mol. The van der Waals surface area contributed by atoms with E-state index in [-0.39, 0.29) is 5.91 Å². The summed E-state index contributed by atoms with van der Waals surface area (Å²) in [4.78, 5) is 18.6. The summed E-state index contributed by atoms with van der Waals surface area (Å²) in [5.74, 6) is 6.58. The van der Waals surface area contributed by atoms with E-state index < -0.39 is 0 Å². The maximum absolute atomic E-state index is 12.4. The fraction of sp³-hybridized carbons (Fsp3) is 0.300. The lowest BCUT2D eigenvalue weighted by atomic mass is 10.0. The van der Waals surface area contributed by atoms with Crippen molar-refractivity contribution in [3.63, 3.8) is 0 Å². The Morgan fingerprint density at radius 1 is 1.25 bits per heavy atom. The Labute approximate surface area is 142 Å². The molecule has 1 amide bonds. The highest BCUT2D eigenvalue weighted by Crippen LogP contribution is 2.19. The molecule has 4 nitrogen and oxygen atoms in total. The van der Waals surface area contributed by atoms with Crippen LogP contribution in [0.2, 0.25) is 0 Å². The van der Waals surface area contributed by atoms with Crippen LogP contribution in [0.1, 0.15) is 40.3 Å². The molecule has 0 unspecified atom stereocenters. The fourth-order valence-electron chi connectivity index (χ4n) is 2.70. The molecule has 0 bridgehead atoms. The van der Waals surface area contributed by atoms with Crippen LogP contribution in [0.15, 0.2) is 46.6 Å². The van der Waals surface area contributed by atoms with Crippen LogP contribution < -0.4 is 0 Å². The van der Waals surface area contributed by atoms with Gasteiger partial charge in [0.1, 0.15) is 5.69 Å². The molecule has 0 saturated carbocycles. The first-order valence-corrected chi connectivity index (χ1v) is 8.10. The minimum atomic E-state index is -0.0217. The Morgan fingerprint density at radius 2 is 2.04 bits per heavy atom. The van der Waals surface area contributed by atoms with Crippen molar-refractivity contribution in [3.8, 4) is 11.8 Å². The molecule has 1 aliphatic rings. The van der Waals surface area contributed by atoms with Crippen LogP contribution in [-0.2, 0) is 0 Å². The lowest BCUT2D eigenvalue weighted by Crippen LogP contribution is -2.36. The van der Waals surface area contributed by atoms with E-state index in [1.807, 2.05) is 49.1 Å². The molecule has 0 aromatic carbocycles. The lowest BCUT2D eigenvalue weighted by molar-refractivity contribution is 0.0710. The van der Waals surface area contributed by atoms with Crippen LogP contribution in [-0.4, -0.2) is 28.9 Å². The van der Waals surface area contributed by atoms with Gasteiger partial charge in [-0.1, -0.05) is 17.6 Å². The summed E-state index contributed by atoms with van der Waals surface area (Å²) in [6, 6.07) is 7.64. The molecule has 2 aromatic rings. The highest BCUT2D eigenvalue weighted by Gasteiger charge is 2.23. The van der Waals surface area contributed by atoms with Gasteiger partial charge in [0.15, 0.2) is 5.76 Å². The normalized spacial score (nSPS) is 14.1. The number of amides is 1. The second-order valence-corrected chi connectivity index (χ2v) is 5.96. The topological polar surface area (TPSA) is 46.3 Å². The van der Waals surface area contributed by atoms with Gasteiger partial charge in [-0.05, 0) is 56.9 Å². The van der Waals surface area contributed by atoms with E-state index in [0.717, 1.165) is 29.8 Å². The number of aromatic nitrogens is 1. The van der Waals surface area contributed by atoms with E-state index in [1.165, 1.54) is 5.57 Å². The van der Waals surface area contributed by atoms with Crippen molar-refractivity contribution in [2.75, 3.05) is 13.1 Å². The molecule has 1 fully saturated rings. The summed E-state index contributed by atoms with van der Waals surface area (Å²) in [5, 5.41) is 0. The van der Waals surface area contributed by atoms with E-state index in [4.69, 9.17) is 4.42 Å². The van der Waals surface area contributed by atoms with Gasteiger partial charge in [-0.2, -0.15) is 0 Å². The molecule has 0 atom stereocenters. The zero-order valence-electron chi connectivity index (χ0n) is 14.0. The highest BCUT2D eigenvalue weighted by atomic mass is 16.3. The number of carbonyl (C=O) groups is 1. The second-order valence-electron chi connectivity index (χ2n) is 5.96. The van der Waals surface area contributed by atoms with Crippen molar-refractivity contribution in [1.82, 2.24) is 9.88 Å². The first kappa shape index (κ1) is 16.1. The molecule has 0 aliphatic carbocycles. The zero-order valence-corrected chi connectivity index (χ0v) is 14.0. The lowest BCUT2D eigenvalue weighted by Gasteiger charge is -2.27. The predicted octanol–water partition coefficient (Wildman–Crippen LogP) is 3.51. The van der Waals surface area contributed by atoms with Crippen molar-refractivity contribution in [3.05, 3.63) is 64.9 Å². The summed E-state index contributed by atoms with van der Waals surface area (Å²) < 4.78 is 5.29. The minimum Gasteiger partial charge on any atom is -0.459 e. The Morgan fingerprint density at radius 3 is 2.71 bits per heavy atom. The summed E-state index contributed by atoms with van der Waals surface area (Å²) in [7, 11) is 0. The highest BCUT2D eigenvalue weighted by molar-refractivity contribution is 5.92. The standard InChI is InChI=1S/C20H20N2O2/c1-15-11-14-24-19(15)20(23)22-12-9-17(10-13-22)6-4-8-18-7-3-5-16(2)21-18/h3,5-7,11,14H,9-10,12-13H2,1-2H3. The van der Waals surface area contributed by atoms with Crippen LogP contribution in [0.25, 0.3) is 0 Å². The minimum absolute atomic E-state index is 0.0217. The number of pyridine rings is 1. The van der Waals surface area contributed by atoms with Gasteiger partial charge in [-0.15, -0.1) is 0 Å². The maximum Gasteiger partial charge on any atom is 0.289 e. The van der Waals surface area contributed by atoms with Gasteiger partial charge < -0.3 is 9.32 Å². The smallest absolute Gasteiger partial charge is 0.289 e. The maximum atomic E-state index is 12.4. The number of aryl methyl sites for hydroxylation is 2. The fourth-order valence-corrected chi connectivity index (χ4v) is 2.70. The largest absolute Gasteiger partial charge is 0.459 e. The third kappa shape index (κ3) is 3.75. The van der Waals surface area contributed by atoms with Gasteiger partial charge in [0, 0.05) is 24.3 Å². The number of nitrogens with zero attached hydrogens (tertiary/aromatic N) is 2. The monoisotopic (exact) mass is 320 g/mol. The number of carbonyl (C=O) groups excluding carboxylic acids is 1. The van der Waals surface area contributed by atoms with Crippen molar-refractivity contribution in [1.29, 1.82) is 0 Å². The molecule has 0 spiro atoms. The summed E-state index contributed by atoms with van der Waals surface area (Å²) in [6.07, 6.45) is 5.22. The number of hydrogen-bond donors (Lipinski definition) is 0. The van der Waals surface area contributed by atoms with E-state index in [9.17, 15) is 4.79 Å². The van der Waals surface area contributed by atoms with Gasteiger partial charge in [0.05, 0.1) is 6.26 Å². The molecule has 1 aliphatic heterocycles. The van der Waals surface area contributed by atoms with Gasteiger partial charge in [-0.3, -0.25) is 4.79 Å². The number of furan rings is 1. The van der Waals surface area contributed by atoms with Gasteiger partial charge in [0.25, 0.3) is 5.91 Å². The molecule has 1 saturated heterocycles. The summed E-state index contributed by atoms with van der Waals surface area (Å²) in [5.41, 5.74) is 3.91. The Kier molecular flexibility index (Phi) is 4.81. The van der Waals surface area contributed by atoms with Crippen LogP contribution in [0.5, 0.6) is 0 Å². The number of rotatable bonds is 1. The molecule has 0 radical (unpaired) electrons. The van der Waals surface area contributed by atoms with E-state index >= 15 is 0 Å². The van der Waals surface area contributed by atoms with Crippen LogP contribution in [0, 0.1) is 25.7 Å². The Hall–Kier alpha value is -2.80. The zero-order chi connectivity index (χ0) is 16.9. The van der Waals surface area contributed by atoms with E-state index in [0.29, 0.717) is 18.8 Å².